The Hall–Kier alpha value is -2.23. The quantitative estimate of drug-likeness (QED) is 0.793. The van der Waals surface area contributed by atoms with Gasteiger partial charge in [-0.15, -0.1) is 0 Å². The second-order valence-electron chi connectivity index (χ2n) is 4.17. The lowest BCUT2D eigenvalue weighted by atomic mass is 10.1. The fourth-order valence-corrected chi connectivity index (χ4v) is 1.90. The molecule has 0 atom stereocenters. The third-order valence-corrected chi connectivity index (χ3v) is 2.85. The molecule has 0 bridgehead atoms. The van der Waals surface area contributed by atoms with E-state index in [2.05, 4.69) is 0 Å². The number of esters is 1. The van der Waals surface area contributed by atoms with Gasteiger partial charge in [-0.25, -0.2) is 0 Å². The van der Waals surface area contributed by atoms with Crippen molar-refractivity contribution in [2.75, 3.05) is 14.2 Å². The second-order valence-corrected chi connectivity index (χ2v) is 4.17. The predicted octanol–water partition coefficient (Wildman–Crippen LogP) is 2.92. The summed E-state index contributed by atoms with van der Waals surface area (Å²) in [5.41, 5.74) is 0.940. The first-order valence-electron chi connectivity index (χ1n) is 5.92. The van der Waals surface area contributed by atoms with Crippen LogP contribution in [0.15, 0.2) is 30.3 Å². The number of hydrogen-bond acceptors (Lipinski definition) is 4. The van der Waals surface area contributed by atoms with Gasteiger partial charge in [-0.1, -0.05) is 12.1 Å². The summed E-state index contributed by atoms with van der Waals surface area (Å²) < 4.78 is 15.5. The van der Waals surface area contributed by atoms with Gasteiger partial charge in [0.15, 0.2) is 11.5 Å². The highest BCUT2D eigenvalue weighted by atomic mass is 16.5. The number of ether oxygens (including phenoxy) is 3. The van der Waals surface area contributed by atoms with Crippen LogP contribution < -0.4 is 9.47 Å². The monoisotopic (exact) mass is 260 g/mol. The molecule has 0 unspecified atom stereocenters. The van der Waals surface area contributed by atoms with Crippen molar-refractivity contribution in [3.63, 3.8) is 0 Å². The zero-order valence-corrected chi connectivity index (χ0v) is 11.2. The predicted molar refractivity (Wildman–Crippen MR) is 72.5 cm³/mol. The van der Waals surface area contributed by atoms with Crippen molar-refractivity contribution < 1.29 is 19.0 Å². The van der Waals surface area contributed by atoms with Crippen LogP contribution in [0.1, 0.15) is 12.5 Å². The summed E-state index contributed by atoms with van der Waals surface area (Å²) in [4.78, 5) is 10.8. The van der Waals surface area contributed by atoms with E-state index in [1.165, 1.54) is 6.92 Å². The van der Waals surface area contributed by atoms with E-state index in [0.717, 1.165) is 16.3 Å². The highest BCUT2D eigenvalue weighted by molar-refractivity contribution is 5.86. The Morgan fingerprint density at radius 1 is 1.00 bits per heavy atom. The summed E-state index contributed by atoms with van der Waals surface area (Å²) >= 11 is 0. The first kappa shape index (κ1) is 13.2. The van der Waals surface area contributed by atoms with Crippen LogP contribution >= 0.6 is 0 Å². The van der Waals surface area contributed by atoms with Crippen molar-refractivity contribution in [2.45, 2.75) is 13.5 Å². The van der Waals surface area contributed by atoms with Gasteiger partial charge in [-0.3, -0.25) is 4.79 Å². The Kier molecular flexibility index (Phi) is 3.90. The van der Waals surface area contributed by atoms with Gasteiger partial charge in [0.2, 0.25) is 0 Å². The first-order chi connectivity index (χ1) is 9.13. The Bertz CT molecular complexity index is 604. The van der Waals surface area contributed by atoms with Gasteiger partial charge >= 0.3 is 5.97 Å². The van der Waals surface area contributed by atoms with Crippen molar-refractivity contribution in [3.05, 3.63) is 35.9 Å². The van der Waals surface area contributed by atoms with Crippen molar-refractivity contribution >= 4 is 16.7 Å². The molecule has 0 fully saturated rings. The molecule has 0 saturated heterocycles. The summed E-state index contributed by atoms with van der Waals surface area (Å²) in [6, 6.07) is 9.70. The third-order valence-electron chi connectivity index (χ3n) is 2.85. The summed E-state index contributed by atoms with van der Waals surface area (Å²) in [5.74, 6) is 1.09. The molecule has 0 spiro atoms. The molecule has 19 heavy (non-hydrogen) atoms. The zero-order chi connectivity index (χ0) is 13.8. The lowest BCUT2D eigenvalue weighted by molar-refractivity contribution is -0.142. The van der Waals surface area contributed by atoms with E-state index in [1.54, 1.807) is 14.2 Å². The fourth-order valence-electron chi connectivity index (χ4n) is 1.90. The molecule has 100 valence electrons. The van der Waals surface area contributed by atoms with Crippen LogP contribution in [0.4, 0.5) is 0 Å². The SMILES string of the molecule is COc1cc2ccc(COC(C)=O)cc2cc1OC. The maximum atomic E-state index is 10.8. The largest absolute Gasteiger partial charge is 0.493 e. The molecule has 0 aliphatic carbocycles. The maximum absolute atomic E-state index is 10.8. The lowest BCUT2D eigenvalue weighted by Gasteiger charge is -2.10. The molecule has 0 saturated carbocycles. The van der Waals surface area contributed by atoms with E-state index in [9.17, 15) is 4.79 Å². The minimum atomic E-state index is -0.285. The van der Waals surface area contributed by atoms with Crippen molar-refractivity contribution in [1.82, 2.24) is 0 Å². The Labute approximate surface area is 111 Å². The number of carbonyl (C=O) groups is 1. The lowest BCUT2D eigenvalue weighted by Crippen LogP contribution is -1.98. The summed E-state index contributed by atoms with van der Waals surface area (Å²) in [7, 11) is 3.21. The number of carbonyl (C=O) groups excluding carboxylic acids is 1. The second kappa shape index (κ2) is 5.61. The van der Waals surface area contributed by atoms with E-state index in [-0.39, 0.29) is 12.6 Å². The van der Waals surface area contributed by atoms with Gasteiger partial charge < -0.3 is 14.2 Å². The van der Waals surface area contributed by atoms with Gasteiger partial charge in [-0.05, 0) is 34.5 Å². The van der Waals surface area contributed by atoms with E-state index in [0.29, 0.717) is 11.5 Å². The molecular formula is C15H16O4. The van der Waals surface area contributed by atoms with E-state index in [4.69, 9.17) is 14.2 Å². The molecule has 0 radical (unpaired) electrons. The Morgan fingerprint density at radius 2 is 1.63 bits per heavy atom. The van der Waals surface area contributed by atoms with Crippen LogP contribution in [-0.4, -0.2) is 20.2 Å². The van der Waals surface area contributed by atoms with Crippen LogP contribution in [0, 0.1) is 0 Å². The molecule has 0 aromatic heterocycles. The standard InChI is InChI=1S/C15H16O4/c1-10(16)19-9-11-4-5-12-7-14(17-2)15(18-3)8-13(12)6-11/h4-8H,9H2,1-3H3. The molecule has 0 heterocycles. The maximum Gasteiger partial charge on any atom is 0.302 e. The molecule has 2 aromatic carbocycles. The minimum absolute atomic E-state index is 0.277. The van der Waals surface area contributed by atoms with E-state index < -0.39 is 0 Å². The van der Waals surface area contributed by atoms with Gasteiger partial charge in [0.25, 0.3) is 0 Å². The number of hydrogen-bond donors (Lipinski definition) is 0. The average molecular weight is 260 g/mol. The number of rotatable bonds is 4. The topological polar surface area (TPSA) is 44.8 Å². The average Bonchev–Trinajstić information content (AvgIpc) is 2.43. The Balaban J connectivity index is 2.39. The molecule has 4 heteroatoms. The van der Waals surface area contributed by atoms with Gasteiger partial charge in [0.05, 0.1) is 14.2 Å². The van der Waals surface area contributed by atoms with Crippen molar-refractivity contribution in [3.8, 4) is 11.5 Å². The van der Waals surface area contributed by atoms with Gasteiger partial charge in [-0.2, -0.15) is 0 Å². The normalized spacial score (nSPS) is 10.3. The number of benzene rings is 2. The van der Waals surface area contributed by atoms with Crippen LogP contribution in [0.25, 0.3) is 10.8 Å². The first-order valence-corrected chi connectivity index (χ1v) is 5.92. The number of methoxy groups -OCH3 is 2. The fraction of sp³-hybridized carbons (Fsp3) is 0.267. The molecule has 2 rings (SSSR count). The van der Waals surface area contributed by atoms with E-state index >= 15 is 0 Å². The van der Waals surface area contributed by atoms with Crippen LogP contribution in [0.5, 0.6) is 11.5 Å². The van der Waals surface area contributed by atoms with Crippen molar-refractivity contribution in [1.29, 1.82) is 0 Å². The van der Waals surface area contributed by atoms with Crippen LogP contribution in [0.3, 0.4) is 0 Å². The molecule has 4 nitrogen and oxygen atoms in total. The third kappa shape index (κ3) is 2.96. The number of fused-ring (bicyclic) bond motifs is 1. The van der Waals surface area contributed by atoms with Gasteiger partial charge in [0, 0.05) is 6.92 Å². The summed E-state index contributed by atoms with van der Waals surface area (Å²) in [6.07, 6.45) is 0. The Morgan fingerprint density at radius 3 is 2.21 bits per heavy atom. The van der Waals surface area contributed by atoms with Gasteiger partial charge in [0.1, 0.15) is 6.61 Å². The minimum Gasteiger partial charge on any atom is -0.493 e. The smallest absolute Gasteiger partial charge is 0.302 e. The summed E-state index contributed by atoms with van der Waals surface area (Å²) in [5, 5.41) is 2.06. The molecule has 0 amide bonds. The molecule has 0 aliphatic heterocycles. The molecule has 2 aromatic rings. The van der Waals surface area contributed by atoms with Crippen molar-refractivity contribution in [2.24, 2.45) is 0 Å². The molecular weight excluding hydrogens is 244 g/mol. The highest BCUT2D eigenvalue weighted by Gasteiger charge is 2.06. The molecule has 0 aliphatic rings. The van der Waals surface area contributed by atoms with Crippen LogP contribution in [0.2, 0.25) is 0 Å². The zero-order valence-electron chi connectivity index (χ0n) is 11.2. The molecule has 0 N–H and O–H groups in total. The van der Waals surface area contributed by atoms with E-state index in [1.807, 2.05) is 30.3 Å². The summed E-state index contributed by atoms with van der Waals surface area (Å²) in [6.45, 7) is 1.68. The van der Waals surface area contributed by atoms with Crippen LogP contribution in [-0.2, 0) is 16.1 Å². The highest BCUT2D eigenvalue weighted by Crippen LogP contribution is 2.32.